The molecule has 0 radical (unpaired) electrons. The van der Waals surface area contributed by atoms with Gasteiger partial charge in [0.1, 0.15) is 5.83 Å². The number of thioether (sulfide) groups is 1. The molecule has 2 amide bonds. The van der Waals surface area contributed by atoms with Crippen LogP contribution in [0.4, 0.5) is 14.9 Å². The third-order valence-corrected chi connectivity index (χ3v) is 8.69. The SMILES string of the molecule is CC(C)(O)C1=C(F)CC(S(N)=NC(=O)Nc2c3c(nc4c2CCC4)CCC3)S1. The molecule has 0 aromatic carbocycles. The molecule has 152 valence electrons. The highest BCUT2D eigenvalue weighted by atomic mass is 32.2. The van der Waals surface area contributed by atoms with Gasteiger partial charge in [0.25, 0.3) is 0 Å². The second-order valence-corrected chi connectivity index (χ2v) is 10.9. The van der Waals surface area contributed by atoms with Gasteiger partial charge in [-0.1, -0.05) is 0 Å². The zero-order valence-electron chi connectivity index (χ0n) is 16.0. The second kappa shape index (κ2) is 7.51. The van der Waals surface area contributed by atoms with Crippen molar-refractivity contribution in [2.75, 3.05) is 5.32 Å². The van der Waals surface area contributed by atoms with Crippen LogP contribution in [-0.4, -0.2) is 26.3 Å². The molecule has 2 atom stereocenters. The predicted molar refractivity (Wildman–Crippen MR) is 112 cm³/mol. The average Bonchev–Trinajstić information content (AvgIpc) is 3.32. The van der Waals surface area contributed by atoms with E-state index >= 15 is 0 Å². The van der Waals surface area contributed by atoms with Gasteiger partial charge in [0.2, 0.25) is 0 Å². The molecular formula is C19H25FN4O2S2. The third kappa shape index (κ3) is 3.77. The molecule has 28 heavy (non-hydrogen) atoms. The number of carbonyl (C=O) groups is 1. The summed E-state index contributed by atoms with van der Waals surface area (Å²) >= 11 is 1.18. The van der Waals surface area contributed by atoms with Crippen molar-refractivity contribution in [2.45, 2.75) is 69.0 Å². The van der Waals surface area contributed by atoms with Crippen molar-refractivity contribution in [2.24, 2.45) is 9.50 Å². The number of aromatic nitrogens is 1. The second-order valence-electron chi connectivity index (χ2n) is 7.96. The summed E-state index contributed by atoms with van der Waals surface area (Å²) in [5, 5.41) is 19.2. The van der Waals surface area contributed by atoms with Crippen molar-refractivity contribution in [1.82, 2.24) is 4.98 Å². The zero-order chi connectivity index (χ0) is 20.1. The van der Waals surface area contributed by atoms with Crippen LogP contribution in [0.3, 0.4) is 0 Å². The summed E-state index contributed by atoms with van der Waals surface area (Å²) < 4.78 is 17.9. The first-order chi connectivity index (χ1) is 13.2. The quantitative estimate of drug-likeness (QED) is 0.687. The number of nitrogens with zero attached hydrogens (tertiary/aromatic N) is 2. The molecule has 1 aromatic heterocycles. The van der Waals surface area contributed by atoms with Crippen LogP contribution in [0.15, 0.2) is 15.1 Å². The standard InChI is InChI=1S/C19H25FN4O2S2/c1-19(2,26)17-12(20)9-15(27-17)28(21)24-18(25)23-16-10-5-3-7-13(10)22-14-8-4-6-11(14)16/h15,26H,3-9H2,1-2H3,(H3,21,22,23,24,25). The molecule has 2 heterocycles. The van der Waals surface area contributed by atoms with Gasteiger partial charge in [-0.3, -0.25) is 10.1 Å². The molecule has 0 bridgehead atoms. The maximum absolute atomic E-state index is 14.2. The molecule has 1 aliphatic heterocycles. The van der Waals surface area contributed by atoms with E-state index in [9.17, 15) is 14.3 Å². The Morgan fingerprint density at radius 1 is 1.29 bits per heavy atom. The first-order valence-corrected chi connectivity index (χ1v) is 11.7. The van der Waals surface area contributed by atoms with Crippen LogP contribution < -0.4 is 10.5 Å². The van der Waals surface area contributed by atoms with Crippen LogP contribution in [0, 0.1) is 0 Å². The lowest BCUT2D eigenvalue weighted by Crippen LogP contribution is -2.22. The number of nitrogens with two attached hydrogens (primary N) is 1. The topological polar surface area (TPSA) is 101 Å². The van der Waals surface area contributed by atoms with Crippen molar-refractivity contribution in [1.29, 1.82) is 0 Å². The molecule has 9 heteroatoms. The van der Waals surface area contributed by atoms with Crippen LogP contribution in [-0.2, 0) is 36.6 Å². The summed E-state index contributed by atoms with van der Waals surface area (Å²) in [6.45, 7) is 3.08. The van der Waals surface area contributed by atoms with Crippen molar-refractivity contribution in [3.8, 4) is 0 Å². The summed E-state index contributed by atoms with van der Waals surface area (Å²) in [5.41, 5.74) is 4.07. The summed E-state index contributed by atoms with van der Waals surface area (Å²) in [5.74, 6) is -0.370. The lowest BCUT2D eigenvalue weighted by molar-refractivity contribution is 0.126. The number of aryl methyl sites for hydroxylation is 2. The van der Waals surface area contributed by atoms with E-state index in [1.54, 1.807) is 13.8 Å². The normalized spacial score (nSPS) is 22.5. The van der Waals surface area contributed by atoms with Gasteiger partial charge in [-0.05, 0) is 74.4 Å². The summed E-state index contributed by atoms with van der Waals surface area (Å²) in [4.78, 5) is 17.7. The molecule has 0 spiro atoms. The lowest BCUT2D eigenvalue weighted by atomic mass is 10.1. The highest BCUT2D eigenvalue weighted by Gasteiger charge is 2.35. The number of nitrogens with one attached hydrogen (secondary N) is 1. The van der Waals surface area contributed by atoms with Crippen LogP contribution in [0.2, 0.25) is 0 Å². The van der Waals surface area contributed by atoms with Gasteiger partial charge in [0.05, 0.1) is 15.9 Å². The molecule has 3 aliphatic rings. The number of halogens is 1. The van der Waals surface area contributed by atoms with Crippen molar-refractivity contribution in [3.63, 3.8) is 0 Å². The van der Waals surface area contributed by atoms with E-state index in [1.165, 1.54) is 11.8 Å². The first kappa shape index (κ1) is 20.0. The minimum Gasteiger partial charge on any atom is -0.385 e. The van der Waals surface area contributed by atoms with Gasteiger partial charge in [0.15, 0.2) is 0 Å². The number of fused-ring (bicyclic) bond motifs is 2. The van der Waals surface area contributed by atoms with Gasteiger partial charge in [-0.25, -0.2) is 9.18 Å². The Labute approximate surface area is 170 Å². The molecule has 1 aromatic rings. The monoisotopic (exact) mass is 424 g/mol. The van der Waals surface area contributed by atoms with Gasteiger partial charge in [-0.2, -0.15) is 4.36 Å². The summed E-state index contributed by atoms with van der Waals surface area (Å²) in [7, 11) is -1.15. The van der Waals surface area contributed by atoms with Gasteiger partial charge < -0.3 is 10.4 Å². The number of amides is 2. The number of rotatable bonds is 3. The maximum Gasteiger partial charge on any atom is 0.352 e. The number of hydrogen-bond acceptors (Lipinski definition) is 4. The fraction of sp³-hybridized carbons (Fsp3) is 0.579. The molecule has 0 fully saturated rings. The van der Waals surface area contributed by atoms with E-state index in [0.717, 1.165) is 66.7 Å². The van der Waals surface area contributed by atoms with Crippen LogP contribution >= 0.6 is 11.8 Å². The minimum absolute atomic E-state index is 0.0838. The van der Waals surface area contributed by atoms with Crippen LogP contribution in [0.25, 0.3) is 0 Å². The van der Waals surface area contributed by atoms with Crippen molar-refractivity contribution >= 4 is 34.4 Å². The Morgan fingerprint density at radius 2 is 1.89 bits per heavy atom. The van der Waals surface area contributed by atoms with E-state index in [-0.39, 0.29) is 21.7 Å². The smallest absolute Gasteiger partial charge is 0.352 e. The molecule has 2 aliphatic carbocycles. The zero-order valence-corrected chi connectivity index (χ0v) is 17.7. The highest BCUT2D eigenvalue weighted by molar-refractivity contribution is 8.14. The van der Waals surface area contributed by atoms with Gasteiger partial charge in [0, 0.05) is 22.7 Å². The number of aliphatic hydroxyl groups is 1. The number of carbonyl (C=O) groups excluding carboxylic acids is 1. The van der Waals surface area contributed by atoms with Gasteiger partial charge in [-0.15, -0.1) is 11.8 Å². The highest BCUT2D eigenvalue weighted by Crippen LogP contribution is 2.45. The average molecular weight is 425 g/mol. The molecule has 4 N–H and O–H groups in total. The Balaban J connectivity index is 1.52. The summed E-state index contributed by atoms with van der Waals surface area (Å²) in [6, 6.07) is -0.488. The Morgan fingerprint density at radius 3 is 2.43 bits per heavy atom. The first-order valence-electron chi connectivity index (χ1n) is 9.56. The maximum atomic E-state index is 14.2. The number of anilines is 1. The largest absolute Gasteiger partial charge is 0.385 e. The van der Waals surface area contributed by atoms with E-state index in [4.69, 9.17) is 10.1 Å². The van der Waals surface area contributed by atoms with Gasteiger partial charge >= 0.3 is 6.03 Å². The number of allylic oxidation sites excluding steroid dienone is 1. The van der Waals surface area contributed by atoms with Crippen molar-refractivity contribution in [3.05, 3.63) is 33.2 Å². The molecule has 4 rings (SSSR count). The van der Waals surface area contributed by atoms with E-state index in [1.807, 2.05) is 0 Å². The Bertz CT molecular complexity index is 876. The van der Waals surface area contributed by atoms with Crippen LogP contribution in [0.5, 0.6) is 0 Å². The Kier molecular flexibility index (Phi) is 5.37. The Hall–Kier alpha value is -1.29. The van der Waals surface area contributed by atoms with E-state index in [2.05, 4.69) is 9.68 Å². The molecular weight excluding hydrogens is 399 g/mol. The number of urea groups is 1. The van der Waals surface area contributed by atoms with Crippen LogP contribution in [0.1, 0.15) is 55.6 Å². The molecule has 2 unspecified atom stereocenters. The predicted octanol–water partition coefficient (Wildman–Crippen LogP) is 3.68. The molecule has 6 nitrogen and oxygen atoms in total. The fourth-order valence-electron chi connectivity index (χ4n) is 4.11. The summed E-state index contributed by atoms with van der Waals surface area (Å²) in [6.07, 6.45) is 5.93. The number of hydrogen-bond donors (Lipinski definition) is 3. The van der Waals surface area contributed by atoms with E-state index in [0.29, 0.717) is 0 Å². The lowest BCUT2D eigenvalue weighted by Gasteiger charge is -2.19. The minimum atomic E-state index is -1.26. The fourth-order valence-corrected chi connectivity index (χ4v) is 6.58. The van der Waals surface area contributed by atoms with Crippen molar-refractivity contribution < 1.29 is 14.3 Å². The number of pyridine rings is 1. The molecule has 0 saturated heterocycles. The molecule has 0 saturated carbocycles. The van der Waals surface area contributed by atoms with E-state index < -0.39 is 22.5 Å². The third-order valence-electron chi connectivity index (χ3n) is 5.34.